The van der Waals surface area contributed by atoms with Gasteiger partial charge in [-0.2, -0.15) is 0 Å². The number of amides is 2. The van der Waals surface area contributed by atoms with Crippen LogP contribution in [0.25, 0.3) is 0 Å². The predicted octanol–water partition coefficient (Wildman–Crippen LogP) is 2.78. The molecule has 0 saturated carbocycles. The van der Waals surface area contributed by atoms with Crippen molar-refractivity contribution in [2.75, 3.05) is 30.7 Å². The van der Waals surface area contributed by atoms with Crippen molar-refractivity contribution in [2.24, 2.45) is 0 Å². The maximum Gasteiger partial charge on any atom is 0.244 e. The van der Waals surface area contributed by atoms with Crippen LogP contribution in [0.2, 0.25) is 0 Å². The van der Waals surface area contributed by atoms with Crippen LogP contribution in [0.4, 0.5) is 5.69 Å². The van der Waals surface area contributed by atoms with Gasteiger partial charge in [-0.15, -0.1) is 0 Å². The molecule has 8 heteroatoms. The lowest BCUT2D eigenvalue weighted by molar-refractivity contribution is -0.138. The van der Waals surface area contributed by atoms with E-state index in [-0.39, 0.29) is 12.5 Å². The average molecular weight is 460 g/mol. The zero-order valence-corrected chi connectivity index (χ0v) is 20.2. The summed E-state index contributed by atoms with van der Waals surface area (Å²) in [5, 5.41) is 2.57. The van der Waals surface area contributed by atoms with Gasteiger partial charge in [0.25, 0.3) is 0 Å². The maximum atomic E-state index is 13.3. The smallest absolute Gasteiger partial charge is 0.244 e. The van der Waals surface area contributed by atoms with E-state index in [9.17, 15) is 18.0 Å². The molecular weight excluding hydrogens is 426 g/mol. The molecule has 2 rings (SSSR count). The van der Waals surface area contributed by atoms with Crippen LogP contribution >= 0.6 is 0 Å². The Kier molecular flexibility index (Phi) is 8.83. The van der Waals surface area contributed by atoms with Crippen molar-refractivity contribution in [1.82, 2.24) is 10.2 Å². The Morgan fingerprint density at radius 1 is 0.969 bits per heavy atom. The molecular formula is C24H33N3O4S. The number of anilines is 1. The lowest BCUT2D eigenvalue weighted by Gasteiger charge is -2.31. The molecule has 7 nitrogen and oxygen atoms in total. The summed E-state index contributed by atoms with van der Waals surface area (Å²) >= 11 is 0. The lowest BCUT2D eigenvalue weighted by atomic mass is 10.0. The van der Waals surface area contributed by atoms with Crippen molar-refractivity contribution in [3.05, 3.63) is 65.7 Å². The van der Waals surface area contributed by atoms with Crippen molar-refractivity contribution >= 4 is 27.5 Å². The van der Waals surface area contributed by atoms with Crippen LogP contribution in [0.1, 0.15) is 37.8 Å². The Morgan fingerprint density at radius 3 is 2.06 bits per heavy atom. The Hall–Kier alpha value is -2.87. The van der Waals surface area contributed by atoms with Crippen LogP contribution in [0.3, 0.4) is 0 Å². The molecule has 0 bridgehead atoms. The second-order valence-electron chi connectivity index (χ2n) is 8.13. The Labute approximate surface area is 191 Å². The first-order chi connectivity index (χ1) is 15.0. The molecule has 0 aliphatic rings. The highest BCUT2D eigenvalue weighted by atomic mass is 32.2. The van der Waals surface area contributed by atoms with Gasteiger partial charge in [0.2, 0.25) is 21.8 Å². The summed E-state index contributed by atoms with van der Waals surface area (Å²) in [6, 6.07) is 16.0. The first-order valence-electron chi connectivity index (χ1n) is 10.7. The molecule has 2 aromatic rings. The molecule has 0 aliphatic carbocycles. The summed E-state index contributed by atoms with van der Waals surface area (Å²) in [5.74, 6) is -0.437. The molecule has 1 atom stereocenters. The largest absolute Gasteiger partial charge is 0.357 e. The highest BCUT2D eigenvalue weighted by Crippen LogP contribution is 2.22. The number of hydrogen-bond donors (Lipinski definition) is 1. The molecule has 0 spiro atoms. The molecule has 0 unspecified atom stereocenters. The van der Waals surface area contributed by atoms with Gasteiger partial charge in [-0.25, -0.2) is 8.42 Å². The number of carbonyl (C=O) groups excluding carboxylic acids is 2. The normalized spacial score (nSPS) is 12.3. The summed E-state index contributed by atoms with van der Waals surface area (Å²) in [6.45, 7) is 5.66. The zero-order chi connectivity index (χ0) is 23.9. The first-order valence-corrected chi connectivity index (χ1v) is 12.5. The fourth-order valence-electron chi connectivity index (χ4n) is 3.42. The Balaban J connectivity index is 2.29. The molecule has 174 valence electrons. The average Bonchev–Trinajstić information content (AvgIpc) is 2.76. The minimum Gasteiger partial charge on any atom is -0.357 e. The molecule has 0 aromatic heterocycles. The Morgan fingerprint density at radius 2 is 1.56 bits per heavy atom. The lowest BCUT2D eigenvalue weighted by Crippen LogP contribution is -2.51. The number of sulfonamides is 1. The fraction of sp³-hybridized carbons (Fsp3) is 0.417. The van der Waals surface area contributed by atoms with Crippen molar-refractivity contribution in [3.63, 3.8) is 0 Å². The molecule has 2 amide bonds. The third kappa shape index (κ3) is 6.82. The van der Waals surface area contributed by atoms with Crippen LogP contribution in [0.5, 0.6) is 0 Å². The minimum absolute atomic E-state index is 0.293. The topological polar surface area (TPSA) is 86.8 Å². The highest BCUT2D eigenvalue weighted by molar-refractivity contribution is 7.92. The van der Waals surface area contributed by atoms with Gasteiger partial charge in [-0.05, 0) is 42.5 Å². The van der Waals surface area contributed by atoms with Crippen LogP contribution in [0, 0.1) is 0 Å². The molecule has 0 radical (unpaired) electrons. The maximum absolute atomic E-state index is 13.3. The Bertz CT molecular complexity index is 1010. The van der Waals surface area contributed by atoms with Crippen LogP contribution < -0.4 is 9.62 Å². The summed E-state index contributed by atoms with van der Waals surface area (Å²) in [4.78, 5) is 27.0. The van der Waals surface area contributed by atoms with Gasteiger partial charge in [0.15, 0.2) is 0 Å². The van der Waals surface area contributed by atoms with Crippen LogP contribution in [-0.4, -0.2) is 57.6 Å². The molecule has 0 saturated heterocycles. The van der Waals surface area contributed by atoms with E-state index in [1.54, 1.807) is 19.1 Å². The molecule has 1 N–H and O–H groups in total. The molecule has 2 aromatic carbocycles. The number of rotatable bonds is 10. The van der Waals surface area contributed by atoms with Crippen molar-refractivity contribution in [3.8, 4) is 0 Å². The van der Waals surface area contributed by atoms with E-state index in [4.69, 9.17) is 0 Å². The fourth-order valence-corrected chi connectivity index (χ4v) is 4.27. The highest BCUT2D eigenvalue weighted by Gasteiger charge is 2.29. The van der Waals surface area contributed by atoms with Gasteiger partial charge in [0.05, 0.1) is 11.9 Å². The van der Waals surface area contributed by atoms with E-state index >= 15 is 0 Å². The number of carbonyl (C=O) groups is 2. The van der Waals surface area contributed by atoms with Gasteiger partial charge in [-0.3, -0.25) is 13.9 Å². The van der Waals surface area contributed by atoms with Crippen LogP contribution in [0.15, 0.2) is 54.6 Å². The van der Waals surface area contributed by atoms with E-state index < -0.39 is 22.0 Å². The van der Waals surface area contributed by atoms with Gasteiger partial charge in [0.1, 0.15) is 12.6 Å². The summed E-state index contributed by atoms with van der Waals surface area (Å²) in [5.41, 5.74) is 2.52. The van der Waals surface area contributed by atoms with E-state index in [0.29, 0.717) is 24.6 Å². The number of benzene rings is 2. The zero-order valence-electron chi connectivity index (χ0n) is 19.4. The van der Waals surface area contributed by atoms with Gasteiger partial charge in [0, 0.05) is 13.6 Å². The van der Waals surface area contributed by atoms with E-state index in [2.05, 4.69) is 19.2 Å². The monoisotopic (exact) mass is 459 g/mol. The van der Waals surface area contributed by atoms with Crippen LogP contribution in [-0.2, 0) is 26.0 Å². The van der Waals surface area contributed by atoms with E-state index in [1.165, 1.54) is 11.9 Å². The number of nitrogens with zero attached hydrogens (tertiary/aromatic N) is 2. The standard InChI is InChI=1S/C24H33N3O4S/c1-18(2)21-11-13-22(14-12-21)27(32(5,30)31)17-23(28)26(19(3)24(29)25-4)16-15-20-9-7-6-8-10-20/h6-14,18-19H,15-17H2,1-5H3,(H,25,29)/t19-/m1/s1. The van der Waals surface area contributed by atoms with Crippen molar-refractivity contribution in [1.29, 1.82) is 0 Å². The number of hydrogen-bond acceptors (Lipinski definition) is 4. The molecule has 32 heavy (non-hydrogen) atoms. The third-order valence-electron chi connectivity index (χ3n) is 5.42. The quantitative estimate of drug-likeness (QED) is 0.592. The second kappa shape index (κ2) is 11.1. The van der Waals surface area contributed by atoms with Gasteiger partial charge < -0.3 is 10.2 Å². The second-order valence-corrected chi connectivity index (χ2v) is 10.0. The molecule has 0 heterocycles. The summed E-state index contributed by atoms with van der Waals surface area (Å²) in [7, 11) is -2.20. The summed E-state index contributed by atoms with van der Waals surface area (Å²) < 4.78 is 26.1. The first kappa shape index (κ1) is 25.4. The molecule has 0 fully saturated rings. The number of nitrogens with one attached hydrogen (secondary N) is 1. The number of likely N-dealkylation sites (N-methyl/N-ethyl adjacent to an activating group) is 1. The summed E-state index contributed by atoms with van der Waals surface area (Å²) in [6.07, 6.45) is 1.63. The van der Waals surface area contributed by atoms with E-state index in [1.807, 2.05) is 42.5 Å². The van der Waals surface area contributed by atoms with E-state index in [0.717, 1.165) is 21.7 Å². The van der Waals surface area contributed by atoms with Gasteiger partial charge in [-0.1, -0.05) is 56.3 Å². The minimum atomic E-state index is -3.71. The SMILES string of the molecule is CNC(=O)[C@@H](C)N(CCc1ccccc1)C(=O)CN(c1ccc(C(C)C)cc1)S(C)(=O)=O. The predicted molar refractivity (Wildman–Crippen MR) is 128 cm³/mol. The van der Waals surface area contributed by atoms with Gasteiger partial charge >= 0.3 is 0 Å². The molecule has 0 aliphatic heterocycles. The third-order valence-corrected chi connectivity index (χ3v) is 6.57. The van der Waals surface area contributed by atoms with Crippen molar-refractivity contribution < 1.29 is 18.0 Å². The van der Waals surface area contributed by atoms with Crippen molar-refractivity contribution in [2.45, 2.75) is 39.2 Å².